The van der Waals surface area contributed by atoms with Gasteiger partial charge in [-0.1, -0.05) is 6.07 Å². The monoisotopic (exact) mass is 407 g/mol. The molecular weight excluding hydrogens is 385 g/mol. The number of nitriles is 1. The molecule has 2 atom stereocenters. The minimum Gasteiger partial charge on any atom is -0.496 e. The number of nitrogens with zero attached hydrogens (tertiary/aromatic N) is 5. The summed E-state index contributed by atoms with van der Waals surface area (Å²) in [5.74, 6) is 1.56. The molecule has 1 aliphatic heterocycles. The summed E-state index contributed by atoms with van der Waals surface area (Å²) in [7, 11) is 3.55. The summed E-state index contributed by atoms with van der Waals surface area (Å²) < 4.78 is 20.2. The Hall–Kier alpha value is -3.51. The molecule has 1 saturated heterocycles. The maximum absolute atomic E-state index is 14.6. The van der Waals surface area contributed by atoms with Crippen molar-refractivity contribution >= 4 is 11.6 Å². The van der Waals surface area contributed by atoms with Gasteiger partial charge in [0.25, 0.3) is 0 Å². The normalized spacial score (nSPS) is 19.3. The average molecular weight is 407 g/mol. The number of halogens is 1. The number of aromatic amines is 1. The second-order valence-corrected chi connectivity index (χ2v) is 7.32. The van der Waals surface area contributed by atoms with Crippen molar-refractivity contribution in [2.75, 3.05) is 32.6 Å². The molecule has 0 amide bonds. The SMILES string of the molecule is COc1cc([C@H]2CCN(C)C[C@@H]2F)ccc1-c1cc(Nc2cnc(C#N)cn2)n[nH]1. The van der Waals surface area contributed by atoms with E-state index >= 15 is 0 Å². The van der Waals surface area contributed by atoms with Crippen LogP contribution < -0.4 is 10.1 Å². The van der Waals surface area contributed by atoms with E-state index in [4.69, 9.17) is 10.00 Å². The molecule has 0 bridgehead atoms. The number of anilines is 2. The Morgan fingerprint density at radius 3 is 2.83 bits per heavy atom. The molecular formula is C21H22FN7O. The third kappa shape index (κ3) is 4.09. The first-order valence-corrected chi connectivity index (χ1v) is 9.63. The lowest BCUT2D eigenvalue weighted by molar-refractivity contribution is 0.139. The van der Waals surface area contributed by atoms with Crippen LogP contribution in [0.3, 0.4) is 0 Å². The molecule has 3 aromatic rings. The molecule has 0 aliphatic carbocycles. The summed E-state index contributed by atoms with van der Waals surface area (Å²) in [6, 6.07) is 9.55. The van der Waals surface area contributed by atoms with Gasteiger partial charge in [-0.15, -0.1) is 0 Å². The lowest BCUT2D eigenvalue weighted by Gasteiger charge is -2.32. The highest BCUT2D eigenvalue weighted by molar-refractivity contribution is 5.71. The Morgan fingerprint density at radius 1 is 1.27 bits per heavy atom. The smallest absolute Gasteiger partial charge is 0.158 e. The van der Waals surface area contributed by atoms with Gasteiger partial charge in [-0.25, -0.2) is 14.4 Å². The van der Waals surface area contributed by atoms with Crippen molar-refractivity contribution in [1.82, 2.24) is 25.1 Å². The fourth-order valence-electron chi connectivity index (χ4n) is 3.70. The van der Waals surface area contributed by atoms with Crippen LogP contribution in [0.1, 0.15) is 23.6 Å². The zero-order valence-electron chi connectivity index (χ0n) is 16.8. The first-order valence-electron chi connectivity index (χ1n) is 9.63. The molecule has 2 N–H and O–H groups in total. The molecule has 2 aromatic heterocycles. The highest BCUT2D eigenvalue weighted by atomic mass is 19.1. The summed E-state index contributed by atoms with van der Waals surface area (Å²) in [5, 5.41) is 19.1. The van der Waals surface area contributed by atoms with E-state index in [1.807, 2.05) is 42.3 Å². The highest BCUT2D eigenvalue weighted by Gasteiger charge is 2.29. The Bertz CT molecular complexity index is 1060. The van der Waals surface area contributed by atoms with Crippen molar-refractivity contribution in [3.05, 3.63) is 47.9 Å². The number of alkyl halides is 1. The molecule has 0 saturated carbocycles. The van der Waals surface area contributed by atoms with Gasteiger partial charge in [0.2, 0.25) is 0 Å². The fourth-order valence-corrected chi connectivity index (χ4v) is 3.70. The number of ether oxygens (including phenoxy) is 1. The van der Waals surface area contributed by atoms with Crippen LogP contribution in [-0.4, -0.2) is 58.5 Å². The standard InChI is InChI=1S/C21H22FN7O/c1-29-6-5-15(17(22)12-29)13-3-4-16(19(7-13)30-2)18-8-20(28-27-18)26-21-11-24-14(9-23)10-25-21/h3-4,7-8,10-11,15,17H,5-6,12H2,1-2H3,(H2,25,26,27,28)/t15-,17+/m1/s1. The molecule has 0 unspecified atom stereocenters. The van der Waals surface area contributed by atoms with E-state index in [1.54, 1.807) is 7.11 Å². The highest BCUT2D eigenvalue weighted by Crippen LogP contribution is 2.36. The van der Waals surface area contributed by atoms with Crippen molar-refractivity contribution in [1.29, 1.82) is 5.26 Å². The van der Waals surface area contributed by atoms with Crippen molar-refractivity contribution < 1.29 is 9.13 Å². The van der Waals surface area contributed by atoms with Gasteiger partial charge in [0.05, 0.1) is 25.2 Å². The molecule has 4 rings (SSSR count). The molecule has 0 radical (unpaired) electrons. The van der Waals surface area contributed by atoms with E-state index in [2.05, 4.69) is 25.5 Å². The van der Waals surface area contributed by atoms with Crippen LogP contribution in [0.4, 0.5) is 16.0 Å². The van der Waals surface area contributed by atoms with Crippen molar-refractivity contribution in [3.63, 3.8) is 0 Å². The number of rotatable bonds is 5. The molecule has 1 aliphatic rings. The van der Waals surface area contributed by atoms with Crippen molar-refractivity contribution in [3.8, 4) is 23.1 Å². The molecule has 3 heterocycles. The van der Waals surface area contributed by atoms with E-state index in [0.29, 0.717) is 23.9 Å². The van der Waals surface area contributed by atoms with Gasteiger partial charge in [-0.2, -0.15) is 10.4 Å². The van der Waals surface area contributed by atoms with E-state index < -0.39 is 6.17 Å². The fraction of sp³-hybridized carbons (Fsp3) is 0.333. The van der Waals surface area contributed by atoms with Crippen molar-refractivity contribution in [2.45, 2.75) is 18.5 Å². The van der Waals surface area contributed by atoms with Crippen molar-refractivity contribution in [2.24, 2.45) is 0 Å². The lowest BCUT2D eigenvalue weighted by atomic mass is 9.87. The maximum atomic E-state index is 14.6. The Morgan fingerprint density at radius 2 is 2.13 bits per heavy atom. The Labute approximate surface area is 173 Å². The maximum Gasteiger partial charge on any atom is 0.158 e. The van der Waals surface area contributed by atoms with Gasteiger partial charge < -0.3 is 15.0 Å². The Balaban J connectivity index is 1.54. The van der Waals surface area contributed by atoms with Gasteiger partial charge in [0, 0.05) is 24.1 Å². The van der Waals surface area contributed by atoms with Crippen LogP contribution in [0.25, 0.3) is 11.3 Å². The van der Waals surface area contributed by atoms with Crippen LogP contribution in [0.2, 0.25) is 0 Å². The third-order valence-electron chi connectivity index (χ3n) is 5.29. The van der Waals surface area contributed by atoms with E-state index in [0.717, 1.165) is 29.8 Å². The molecule has 154 valence electrons. The lowest BCUT2D eigenvalue weighted by Crippen LogP contribution is -2.38. The second kappa shape index (κ2) is 8.47. The molecule has 8 nitrogen and oxygen atoms in total. The molecule has 0 spiro atoms. The van der Waals surface area contributed by atoms with Crippen LogP contribution in [0.5, 0.6) is 5.75 Å². The number of methoxy groups -OCH3 is 1. The number of hydrogen-bond acceptors (Lipinski definition) is 7. The summed E-state index contributed by atoms with van der Waals surface area (Å²) in [6.45, 7) is 1.32. The summed E-state index contributed by atoms with van der Waals surface area (Å²) >= 11 is 0. The number of benzene rings is 1. The molecule has 1 aromatic carbocycles. The van der Waals surface area contributed by atoms with E-state index in [-0.39, 0.29) is 11.6 Å². The van der Waals surface area contributed by atoms with Crippen LogP contribution in [-0.2, 0) is 0 Å². The van der Waals surface area contributed by atoms with Gasteiger partial charge in [0.1, 0.15) is 23.8 Å². The minimum atomic E-state index is -0.893. The van der Waals surface area contributed by atoms with E-state index in [1.165, 1.54) is 12.4 Å². The number of H-pyrrole nitrogens is 1. The predicted octanol–water partition coefficient (Wildman–Crippen LogP) is 3.25. The van der Waals surface area contributed by atoms with Gasteiger partial charge in [-0.3, -0.25) is 5.10 Å². The number of aromatic nitrogens is 4. The Kier molecular flexibility index (Phi) is 5.59. The largest absolute Gasteiger partial charge is 0.496 e. The van der Waals surface area contributed by atoms with Crippen LogP contribution >= 0.6 is 0 Å². The second-order valence-electron chi connectivity index (χ2n) is 7.32. The molecule has 9 heteroatoms. The zero-order valence-corrected chi connectivity index (χ0v) is 16.8. The number of piperidine rings is 1. The quantitative estimate of drug-likeness (QED) is 0.669. The summed E-state index contributed by atoms with van der Waals surface area (Å²) in [6.07, 6.45) is 2.75. The molecule has 30 heavy (non-hydrogen) atoms. The average Bonchev–Trinajstić information content (AvgIpc) is 3.22. The predicted molar refractivity (Wildman–Crippen MR) is 110 cm³/mol. The topological polar surface area (TPSA) is 103 Å². The summed E-state index contributed by atoms with van der Waals surface area (Å²) in [5.41, 5.74) is 2.77. The van der Waals surface area contributed by atoms with Gasteiger partial charge in [0.15, 0.2) is 11.5 Å². The number of likely N-dealkylation sites (tertiary alicyclic amines) is 1. The summed E-state index contributed by atoms with van der Waals surface area (Å²) in [4.78, 5) is 10.1. The number of hydrogen-bond donors (Lipinski definition) is 2. The third-order valence-corrected chi connectivity index (χ3v) is 5.29. The van der Waals surface area contributed by atoms with E-state index in [9.17, 15) is 4.39 Å². The van der Waals surface area contributed by atoms with Crippen LogP contribution in [0.15, 0.2) is 36.7 Å². The minimum absolute atomic E-state index is 0.127. The first-order chi connectivity index (χ1) is 14.6. The number of nitrogens with one attached hydrogen (secondary N) is 2. The first kappa shape index (κ1) is 19.8. The van der Waals surface area contributed by atoms with Gasteiger partial charge in [-0.05, 0) is 37.7 Å². The van der Waals surface area contributed by atoms with Crippen LogP contribution in [0, 0.1) is 11.3 Å². The zero-order chi connectivity index (χ0) is 21.1. The molecule has 1 fully saturated rings. The van der Waals surface area contributed by atoms with Gasteiger partial charge >= 0.3 is 0 Å².